The Labute approximate surface area is 111 Å². The van der Waals surface area contributed by atoms with Crippen LogP contribution in [-0.4, -0.2) is 54.5 Å². The molecule has 2 N–H and O–H groups in total. The third kappa shape index (κ3) is 2.72. The molecule has 0 amide bonds. The molecule has 18 heavy (non-hydrogen) atoms. The Morgan fingerprint density at radius 3 is 2.39 bits per heavy atom. The maximum absolute atomic E-state index is 6.40. The van der Waals surface area contributed by atoms with Gasteiger partial charge in [0, 0.05) is 31.6 Å². The monoisotopic (exact) mass is 256 g/mol. The van der Waals surface area contributed by atoms with Crippen molar-refractivity contribution in [3.63, 3.8) is 0 Å². The van der Waals surface area contributed by atoms with E-state index in [4.69, 9.17) is 15.2 Å². The summed E-state index contributed by atoms with van der Waals surface area (Å²) in [5.41, 5.74) is 6.02. The Morgan fingerprint density at radius 2 is 1.89 bits per heavy atom. The summed E-state index contributed by atoms with van der Waals surface area (Å²) in [5, 5.41) is 0. The molecule has 4 heteroatoms. The van der Waals surface area contributed by atoms with E-state index in [1.54, 1.807) is 0 Å². The molecule has 0 saturated carbocycles. The Hall–Kier alpha value is -0.160. The summed E-state index contributed by atoms with van der Waals surface area (Å²) < 4.78 is 11.7. The Bertz CT molecular complexity index is 304. The van der Waals surface area contributed by atoms with Crippen molar-refractivity contribution in [1.29, 1.82) is 0 Å². The predicted molar refractivity (Wildman–Crippen MR) is 72.6 cm³/mol. The second-order valence-electron chi connectivity index (χ2n) is 6.88. The van der Waals surface area contributed by atoms with Gasteiger partial charge in [-0.3, -0.25) is 4.90 Å². The van der Waals surface area contributed by atoms with Gasteiger partial charge in [0.15, 0.2) is 0 Å². The zero-order chi connectivity index (χ0) is 13.6. The lowest BCUT2D eigenvalue weighted by Gasteiger charge is -2.37. The van der Waals surface area contributed by atoms with E-state index >= 15 is 0 Å². The van der Waals surface area contributed by atoms with Crippen LogP contribution in [0.5, 0.6) is 0 Å². The van der Waals surface area contributed by atoms with E-state index < -0.39 is 0 Å². The van der Waals surface area contributed by atoms with E-state index in [1.807, 2.05) is 0 Å². The standard InChI is InChI=1S/C14H28N2O2/c1-10-8-16(6-7-17-10)9-11-12(15)14(4,5)18-13(11,2)3/h10-12H,6-9,15H2,1-5H3. The lowest BCUT2D eigenvalue weighted by Crippen LogP contribution is -2.51. The summed E-state index contributed by atoms with van der Waals surface area (Å²) in [7, 11) is 0. The Morgan fingerprint density at radius 1 is 1.22 bits per heavy atom. The van der Waals surface area contributed by atoms with E-state index in [9.17, 15) is 0 Å². The molecule has 4 nitrogen and oxygen atoms in total. The molecular formula is C14H28N2O2. The van der Waals surface area contributed by atoms with Gasteiger partial charge in [0.25, 0.3) is 0 Å². The van der Waals surface area contributed by atoms with Crippen molar-refractivity contribution in [2.75, 3.05) is 26.2 Å². The van der Waals surface area contributed by atoms with Crippen LogP contribution in [-0.2, 0) is 9.47 Å². The number of nitrogens with zero attached hydrogens (tertiary/aromatic N) is 1. The molecule has 0 aliphatic carbocycles. The van der Waals surface area contributed by atoms with E-state index in [0.717, 1.165) is 26.2 Å². The maximum atomic E-state index is 6.40. The fourth-order valence-corrected chi connectivity index (χ4v) is 3.41. The number of hydrogen-bond acceptors (Lipinski definition) is 4. The number of morpholine rings is 1. The Balaban J connectivity index is 2.03. The zero-order valence-electron chi connectivity index (χ0n) is 12.4. The van der Waals surface area contributed by atoms with Gasteiger partial charge in [0.1, 0.15) is 0 Å². The minimum absolute atomic E-state index is 0.0886. The van der Waals surface area contributed by atoms with Crippen molar-refractivity contribution in [3.8, 4) is 0 Å². The minimum Gasteiger partial charge on any atom is -0.376 e. The molecule has 2 heterocycles. The molecule has 2 aliphatic heterocycles. The molecule has 2 saturated heterocycles. The van der Waals surface area contributed by atoms with E-state index in [0.29, 0.717) is 12.0 Å². The number of nitrogens with two attached hydrogens (primary N) is 1. The normalized spacial score (nSPS) is 40.0. The molecule has 3 unspecified atom stereocenters. The smallest absolute Gasteiger partial charge is 0.0788 e. The lowest BCUT2D eigenvalue weighted by atomic mass is 9.82. The molecule has 0 aromatic carbocycles. The summed E-state index contributed by atoms with van der Waals surface area (Å²) in [4.78, 5) is 2.46. The van der Waals surface area contributed by atoms with Gasteiger partial charge in [0.2, 0.25) is 0 Å². The quantitative estimate of drug-likeness (QED) is 0.807. The largest absolute Gasteiger partial charge is 0.376 e. The van der Waals surface area contributed by atoms with Crippen molar-refractivity contribution < 1.29 is 9.47 Å². The Kier molecular flexibility index (Phi) is 3.76. The van der Waals surface area contributed by atoms with Crippen LogP contribution in [0.4, 0.5) is 0 Å². The number of rotatable bonds is 2. The average molecular weight is 256 g/mol. The number of hydrogen-bond donors (Lipinski definition) is 1. The third-order valence-electron chi connectivity index (χ3n) is 4.44. The number of ether oxygens (including phenoxy) is 2. The van der Waals surface area contributed by atoms with E-state index in [-0.39, 0.29) is 17.2 Å². The van der Waals surface area contributed by atoms with Gasteiger partial charge >= 0.3 is 0 Å². The molecule has 0 bridgehead atoms. The molecule has 0 aromatic heterocycles. The summed E-state index contributed by atoms with van der Waals surface area (Å²) >= 11 is 0. The van der Waals surface area contributed by atoms with Crippen LogP contribution < -0.4 is 5.73 Å². The molecule has 106 valence electrons. The molecule has 0 spiro atoms. The minimum atomic E-state index is -0.230. The first-order chi connectivity index (χ1) is 8.22. The molecule has 0 radical (unpaired) electrons. The molecule has 2 aliphatic rings. The van der Waals surface area contributed by atoms with Crippen molar-refractivity contribution in [2.24, 2.45) is 11.7 Å². The van der Waals surface area contributed by atoms with E-state index in [1.165, 1.54) is 0 Å². The second-order valence-corrected chi connectivity index (χ2v) is 6.88. The summed E-state index contributed by atoms with van der Waals surface area (Å²) in [6, 6.07) is 0.0886. The zero-order valence-corrected chi connectivity index (χ0v) is 12.4. The third-order valence-corrected chi connectivity index (χ3v) is 4.44. The van der Waals surface area contributed by atoms with Crippen molar-refractivity contribution in [1.82, 2.24) is 4.90 Å². The topological polar surface area (TPSA) is 47.7 Å². The molecule has 2 fully saturated rings. The SMILES string of the molecule is CC1CN(CC2C(N)C(C)(C)OC2(C)C)CCO1. The summed E-state index contributed by atoms with van der Waals surface area (Å²) in [6.45, 7) is 14.5. The highest BCUT2D eigenvalue weighted by atomic mass is 16.5. The van der Waals surface area contributed by atoms with Crippen LogP contribution in [0.2, 0.25) is 0 Å². The van der Waals surface area contributed by atoms with Gasteiger partial charge in [-0.25, -0.2) is 0 Å². The van der Waals surface area contributed by atoms with Gasteiger partial charge in [-0.1, -0.05) is 0 Å². The first kappa shape index (κ1) is 14.3. The first-order valence-corrected chi connectivity index (χ1v) is 7.02. The average Bonchev–Trinajstić information content (AvgIpc) is 2.37. The second kappa shape index (κ2) is 4.75. The molecule has 3 atom stereocenters. The predicted octanol–water partition coefficient (Wildman–Crippen LogP) is 1.24. The van der Waals surface area contributed by atoms with Gasteiger partial charge < -0.3 is 15.2 Å². The molecule has 0 aromatic rings. The van der Waals surface area contributed by atoms with Crippen LogP contribution >= 0.6 is 0 Å². The highest BCUT2D eigenvalue weighted by Gasteiger charge is 2.52. The fourth-order valence-electron chi connectivity index (χ4n) is 3.41. The van der Waals surface area contributed by atoms with Gasteiger partial charge in [0.05, 0.1) is 23.9 Å². The maximum Gasteiger partial charge on any atom is 0.0788 e. The van der Waals surface area contributed by atoms with Gasteiger partial charge in [-0.05, 0) is 34.6 Å². The lowest BCUT2D eigenvalue weighted by molar-refractivity contribution is -0.0828. The van der Waals surface area contributed by atoms with Crippen LogP contribution in [0.15, 0.2) is 0 Å². The summed E-state index contributed by atoms with van der Waals surface area (Å²) in [5.74, 6) is 0.373. The van der Waals surface area contributed by atoms with Crippen molar-refractivity contribution >= 4 is 0 Å². The van der Waals surface area contributed by atoms with Crippen LogP contribution in [0, 0.1) is 5.92 Å². The fraction of sp³-hybridized carbons (Fsp3) is 1.00. The summed E-state index contributed by atoms with van der Waals surface area (Å²) in [6.07, 6.45) is 0.327. The van der Waals surface area contributed by atoms with Gasteiger partial charge in [-0.15, -0.1) is 0 Å². The van der Waals surface area contributed by atoms with Crippen molar-refractivity contribution in [2.45, 2.75) is 58.0 Å². The van der Waals surface area contributed by atoms with Crippen LogP contribution in [0.25, 0.3) is 0 Å². The van der Waals surface area contributed by atoms with Crippen LogP contribution in [0.1, 0.15) is 34.6 Å². The first-order valence-electron chi connectivity index (χ1n) is 7.02. The van der Waals surface area contributed by atoms with Crippen molar-refractivity contribution in [3.05, 3.63) is 0 Å². The molecular weight excluding hydrogens is 228 g/mol. The van der Waals surface area contributed by atoms with Gasteiger partial charge in [-0.2, -0.15) is 0 Å². The highest BCUT2D eigenvalue weighted by molar-refractivity contribution is 5.04. The highest BCUT2D eigenvalue weighted by Crippen LogP contribution is 2.41. The van der Waals surface area contributed by atoms with E-state index in [2.05, 4.69) is 39.5 Å². The van der Waals surface area contributed by atoms with Crippen LogP contribution in [0.3, 0.4) is 0 Å². The molecule has 2 rings (SSSR count).